The van der Waals surface area contributed by atoms with E-state index in [2.05, 4.69) is 0 Å². The predicted octanol–water partition coefficient (Wildman–Crippen LogP) is 1.70. The van der Waals surface area contributed by atoms with Gasteiger partial charge in [0.2, 0.25) is 5.91 Å². The van der Waals surface area contributed by atoms with Crippen molar-refractivity contribution in [1.82, 2.24) is 4.90 Å². The standard InChI is InChI=1S/C16H29NO4/c1-3-20-12-14-13-21-11-7-16(14)5-8-17(9-6-16)15(18)4-10-19-2/h14H,3-13H2,1-2H3/t14-/m1/s1. The fourth-order valence-corrected chi connectivity index (χ4v) is 3.57. The van der Waals surface area contributed by atoms with Gasteiger partial charge in [-0.25, -0.2) is 0 Å². The van der Waals surface area contributed by atoms with Crippen molar-refractivity contribution < 1.29 is 19.0 Å². The summed E-state index contributed by atoms with van der Waals surface area (Å²) in [4.78, 5) is 14.1. The van der Waals surface area contributed by atoms with Crippen LogP contribution in [0.15, 0.2) is 0 Å². The lowest BCUT2D eigenvalue weighted by atomic mass is 9.66. The van der Waals surface area contributed by atoms with Crippen molar-refractivity contribution in [1.29, 1.82) is 0 Å². The Labute approximate surface area is 127 Å². The Balaban J connectivity index is 1.88. The van der Waals surface area contributed by atoms with E-state index in [4.69, 9.17) is 14.2 Å². The second-order valence-corrected chi connectivity index (χ2v) is 6.17. The Morgan fingerprint density at radius 1 is 1.33 bits per heavy atom. The summed E-state index contributed by atoms with van der Waals surface area (Å²) < 4.78 is 16.3. The molecule has 2 aliphatic rings. The van der Waals surface area contributed by atoms with Gasteiger partial charge in [-0.15, -0.1) is 0 Å². The average Bonchev–Trinajstić information content (AvgIpc) is 2.52. The zero-order valence-corrected chi connectivity index (χ0v) is 13.4. The van der Waals surface area contributed by atoms with E-state index in [1.807, 2.05) is 11.8 Å². The Morgan fingerprint density at radius 2 is 2.10 bits per heavy atom. The number of carbonyl (C=O) groups is 1. The summed E-state index contributed by atoms with van der Waals surface area (Å²) in [6.07, 6.45) is 3.75. The minimum atomic E-state index is 0.222. The molecule has 0 aliphatic carbocycles. The van der Waals surface area contributed by atoms with Gasteiger partial charge in [0, 0.05) is 39.3 Å². The van der Waals surface area contributed by atoms with Crippen LogP contribution in [-0.2, 0) is 19.0 Å². The van der Waals surface area contributed by atoms with Crippen molar-refractivity contribution in [2.45, 2.75) is 32.6 Å². The maximum atomic E-state index is 12.1. The molecule has 5 nitrogen and oxygen atoms in total. The first-order valence-corrected chi connectivity index (χ1v) is 8.14. The molecule has 2 heterocycles. The predicted molar refractivity (Wildman–Crippen MR) is 80.2 cm³/mol. The molecule has 2 aliphatic heterocycles. The van der Waals surface area contributed by atoms with Crippen molar-refractivity contribution in [2.24, 2.45) is 11.3 Å². The minimum absolute atomic E-state index is 0.222. The summed E-state index contributed by atoms with van der Waals surface area (Å²) in [5, 5.41) is 0. The summed E-state index contributed by atoms with van der Waals surface area (Å²) in [5.74, 6) is 0.697. The first kappa shape index (κ1) is 16.7. The molecule has 122 valence electrons. The fourth-order valence-electron chi connectivity index (χ4n) is 3.57. The Bertz CT molecular complexity index is 326. The number of methoxy groups -OCH3 is 1. The zero-order chi connectivity index (χ0) is 15.1. The molecule has 0 radical (unpaired) electrons. The maximum absolute atomic E-state index is 12.1. The third-order valence-corrected chi connectivity index (χ3v) is 5.08. The number of rotatable bonds is 6. The average molecular weight is 299 g/mol. The number of likely N-dealkylation sites (tertiary alicyclic amines) is 1. The van der Waals surface area contributed by atoms with Crippen LogP contribution in [0.4, 0.5) is 0 Å². The molecular weight excluding hydrogens is 270 g/mol. The van der Waals surface area contributed by atoms with Crippen molar-refractivity contribution in [3.8, 4) is 0 Å². The maximum Gasteiger partial charge on any atom is 0.224 e. The number of carbonyl (C=O) groups excluding carboxylic acids is 1. The molecule has 0 saturated carbocycles. The van der Waals surface area contributed by atoms with Crippen LogP contribution in [0.2, 0.25) is 0 Å². The number of hydrogen-bond donors (Lipinski definition) is 0. The molecule has 0 unspecified atom stereocenters. The van der Waals surface area contributed by atoms with Gasteiger partial charge in [-0.05, 0) is 31.6 Å². The van der Waals surface area contributed by atoms with Gasteiger partial charge >= 0.3 is 0 Å². The molecule has 0 aromatic rings. The van der Waals surface area contributed by atoms with Crippen LogP contribution in [0, 0.1) is 11.3 Å². The van der Waals surface area contributed by atoms with E-state index < -0.39 is 0 Å². The number of amides is 1. The van der Waals surface area contributed by atoms with E-state index in [9.17, 15) is 4.79 Å². The van der Waals surface area contributed by atoms with E-state index in [1.54, 1.807) is 7.11 Å². The lowest BCUT2D eigenvalue weighted by Gasteiger charge is -2.49. The highest BCUT2D eigenvalue weighted by atomic mass is 16.5. The molecule has 0 N–H and O–H groups in total. The second kappa shape index (κ2) is 8.11. The monoisotopic (exact) mass is 299 g/mol. The lowest BCUT2D eigenvalue weighted by Crippen LogP contribution is -2.50. The van der Waals surface area contributed by atoms with E-state index in [-0.39, 0.29) is 5.91 Å². The molecule has 0 bridgehead atoms. The van der Waals surface area contributed by atoms with Crippen LogP contribution in [0.25, 0.3) is 0 Å². The zero-order valence-electron chi connectivity index (χ0n) is 13.4. The number of nitrogens with zero attached hydrogens (tertiary/aromatic N) is 1. The fraction of sp³-hybridized carbons (Fsp3) is 0.938. The van der Waals surface area contributed by atoms with Crippen molar-refractivity contribution >= 4 is 5.91 Å². The summed E-state index contributed by atoms with van der Waals surface area (Å²) in [6.45, 7) is 7.48. The topological polar surface area (TPSA) is 48.0 Å². The van der Waals surface area contributed by atoms with E-state index in [0.29, 0.717) is 24.4 Å². The van der Waals surface area contributed by atoms with Gasteiger partial charge in [-0.2, -0.15) is 0 Å². The van der Waals surface area contributed by atoms with Gasteiger partial charge in [0.25, 0.3) is 0 Å². The summed E-state index contributed by atoms with van der Waals surface area (Å²) in [5.41, 5.74) is 0.311. The highest BCUT2D eigenvalue weighted by molar-refractivity contribution is 5.76. The molecule has 1 amide bonds. The minimum Gasteiger partial charge on any atom is -0.384 e. The molecule has 2 saturated heterocycles. The van der Waals surface area contributed by atoms with E-state index in [1.165, 1.54) is 0 Å². The smallest absolute Gasteiger partial charge is 0.224 e. The second-order valence-electron chi connectivity index (χ2n) is 6.17. The highest BCUT2D eigenvalue weighted by Crippen LogP contribution is 2.44. The van der Waals surface area contributed by atoms with Crippen LogP contribution in [-0.4, -0.2) is 64.0 Å². The molecule has 0 aromatic heterocycles. The van der Waals surface area contributed by atoms with Gasteiger partial charge in [0.05, 0.1) is 26.2 Å². The van der Waals surface area contributed by atoms with Crippen molar-refractivity contribution in [3.63, 3.8) is 0 Å². The highest BCUT2D eigenvalue weighted by Gasteiger charge is 2.44. The summed E-state index contributed by atoms with van der Waals surface area (Å²) in [7, 11) is 1.64. The molecule has 1 atom stereocenters. The van der Waals surface area contributed by atoms with Gasteiger partial charge in [-0.3, -0.25) is 4.79 Å². The summed E-state index contributed by atoms with van der Waals surface area (Å²) in [6, 6.07) is 0. The molecule has 2 fully saturated rings. The Morgan fingerprint density at radius 3 is 2.76 bits per heavy atom. The number of ether oxygens (including phenoxy) is 3. The van der Waals surface area contributed by atoms with Crippen LogP contribution in [0.3, 0.4) is 0 Å². The first-order valence-electron chi connectivity index (χ1n) is 8.14. The van der Waals surface area contributed by atoms with Crippen molar-refractivity contribution in [2.75, 3.05) is 53.2 Å². The van der Waals surface area contributed by atoms with Crippen LogP contribution < -0.4 is 0 Å². The van der Waals surface area contributed by atoms with Gasteiger partial charge in [0.1, 0.15) is 0 Å². The van der Waals surface area contributed by atoms with Crippen LogP contribution >= 0.6 is 0 Å². The molecule has 1 spiro atoms. The molecule has 2 rings (SSSR count). The van der Waals surface area contributed by atoms with Gasteiger partial charge < -0.3 is 19.1 Å². The Hall–Kier alpha value is -0.650. The molecule has 0 aromatic carbocycles. The lowest BCUT2D eigenvalue weighted by molar-refractivity contribution is -0.139. The SMILES string of the molecule is CCOC[C@@H]1COCCC12CCN(C(=O)CCOC)CC2. The van der Waals surface area contributed by atoms with Crippen LogP contribution in [0.5, 0.6) is 0 Å². The largest absolute Gasteiger partial charge is 0.384 e. The van der Waals surface area contributed by atoms with Gasteiger partial charge in [-0.1, -0.05) is 0 Å². The normalized spacial score (nSPS) is 25.2. The molecule has 5 heteroatoms. The number of hydrogen-bond acceptors (Lipinski definition) is 4. The Kier molecular flexibility index (Phi) is 6.45. The molecular formula is C16H29NO4. The third-order valence-electron chi connectivity index (χ3n) is 5.08. The first-order chi connectivity index (χ1) is 10.2. The van der Waals surface area contributed by atoms with E-state index in [0.717, 1.165) is 58.8 Å². The van der Waals surface area contributed by atoms with Gasteiger partial charge in [0.15, 0.2) is 0 Å². The van der Waals surface area contributed by atoms with Crippen molar-refractivity contribution in [3.05, 3.63) is 0 Å². The van der Waals surface area contributed by atoms with E-state index >= 15 is 0 Å². The molecule has 21 heavy (non-hydrogen) atoms. The van der Waals surface area contributed by atoms with Crippen LogP contribution in [0.1, 0.15) is 32.6 Å². The number of piperidine rings is 1. The summed E-state index contributed by atoms with van der Waals surface area (Å²) >= 11 is 0. The third kappa shape index (κ3) is 4.18. The quantitative estimate of drug-likeness (QED) is 0.749.